The first-order valence-electron chi connectivity index (χ1n) is 10.4. The van der Waals surface area contributed by atoms with Crippen LogP contribution in [0.5, 0.6) is 0 Å². The highest BCUT2D eigenvalue weighted by molar-refractivity contribution is 7.99. The zero-order chi connectivity index (χ0) is 20.8. The van der Waals surface area contributed by atoms with Crippen LogP contribution >= 0.6 is 11.8 Å². The van der Waals surface area contributed by atoms with Gasteiger partial charge in [0, 0.05) is 67.3 Å². The standard InChI is InChI=1S/C21H25N5O3S/c1-13-22-17(10-18(27)23-13)25-11-14-9-15(12-25)20(21(29)24-5-7-30-8-6-24)26-16(14)3-2-4-19(26)28/h2-4,10,14-15,20H,5-9,11-12H2,1H3,(H,22,23,27)/t14-,15+,20+/m0/s1. The SMILES string of the molecule is Cc1nc(N2C[C@@H]3C[C@H](C2)[C@H](C(=O)N2CCSCC2)n2c3cccc2=O)cc(=O)[nH]1. The molecule has 1 amide bonds. The predicted molar refractivity (Wildman–Crippen MR) is 116 cm³/mol. The van der Waals surface area contributed by atoms with E-state index in [0.29, 0.717) is 24.7 Å². The summed E-state index contributed by atoms with van der Waals surface area (Å²) in [4.78, 5) is 49.7. The Bertz CT molecular complexity index is 1090. The Balaban J connectivity index is 1.56. The van der Waals surface area contributed by atoms with E-state index in [4.69, 9.17) is 0 Å². The highest BCUT2D eigenvalue weighted by Crippen LogP contribution is 2.42. The molecule has 3 aliphatic heterocycles. The van der Waals surface area contributed by atoms with Gasteiger partial charge in [-0.15, -0.1) is 0 Å². The Morgan fingerprint density at radius 1 is 1.20 bits per heavy atom. The van der Waals surface area contributed by atoms with Gasteiger partial charge in [0.05, 0.1) is 0 Å². The second-order valence-corrected chi connectivity index (χ2v) is 9.55. The summed E-state index contributed by atoms with van der Waals surface area (Å²) in [5.41, 5.74) is 0.628. The van der Waals surface area contributed by atoms with E-state index in [0.717, 1.165) is 36.7 Å². The number of amides is 1. The van der Waals surface area contributed by atoms with Crippen LogP contribution in [0.4, 0.5) is 5.82 Å². The third-order valence-electron chi connectivity index (χ3n) is 6.39. The van der Waals surface area contributed by atoms with Gasteiger partial charge in [-0.1, -0.05) is 6.07 Å². The summed E-state index contributed by atoms with van der Waals surface area (Å²) in [5, 5.41) is 0. The molecule has 0 unspecified atom stereocenters. The number of aromatic nitrogens is 3. The van der Waals surface area contributed by atoms with Crippen molar-refractivity contribution >= 4 is 23.5 Å². The monoisotopic (exact) mass is 427 g/mol. The van der Waals surface area contributed by atoms with Crippen LogP contribution in [0.3, 0.4) is 0 Å². The second kappa shape index (κ2) is 7.61. The van der Waals surface area contributed by atoms with Gasteiger partial charge in [0.25, 0.3) is 11.1 Å². The molecule has 5 rings (SSSR count). The van der Waals surface area contributed by atoms with Gasteiger partial charge < -0.3 is 14.8 Å². The molecule has 3 aliphatic rings. The topological polar surface area (TPSA) is 91.3 Å². The van der Waals surface area contributed by atoms with E-state index in [9.17, 15) is 14.4 Å². The molecule has 2 fully saturated rings. The Morgan fingerprint density at radius 3 is 2.77 bits per heavy atom. The van der Waals surface area contributed by atoms with E-state index in [1.54, 1.807) is 23.6 Å². The molecule has 0 saturated carbocycles. The number of anilines is 1. The number of rotatable bonds is 2. The van der Waals surface area contributed by atoms with Crippen LogP contribution in [-0.4, -0.2) is 63.0 Å². The van der Waals surface area contributed by atoms with Crippen molar-refractivity contribution in [1.29, 1.82) is 0 Å². The molecule has 1 N–H and O–H groups in total. The number of H-pyrrole nitrogens is 1. The van der Waals surface area contributed by atoms with Gasteiger partial charge in [-0.2, -0.15) is 11.8 Å². The fraction of sp³-hybridized carbons (Fsp3) is 0.524. The molecule has 3 atom stereocenters. The number of aromatic amines is 1. The van der Waals surface area contributed by atoms with Crippen molar-refractivity contribution in [2.24, 2.45) is 5.92 Å². The molecule has 0 aliphatic carbocycles. The van der Waals surface area contributed by atoms with Crippen molar-refractivity contribution in [2.75, 3.05) is 42.6 Å². The minimum Gasteiger partial charge on any atom is -0.355 e. The van der Waals surface area contributed by atoms with Crippen molar-refractivity contribution < 1.29 is 4.79 Å². The first kappa shape index (κ1) is 19.4. The molecular formula is C21H25N5O3S. The number of thioether (sulfide) groups is 1. The number of carbonyl (C=O) groups excluding carboxylic acids is 1. The quantitative estimate of drug-likeness (QED) is 0.768. The number of nitrogens with zero attached hydrogens (tertiary/aromatic N) is 4. The van der Waals surface area contributed by atoms with Gasteiger partial charge in [-0.05, 0) is 19.4 Å². The van der Waals surface area contributed by atoms with Crippen LogP contribution in [0, 0.1) is 12.8 Å². The van der Waals surface area contributed by atoms with Gasteiger partial charge in [0.1, 0.15) is 17.7 Å². The highest BCUT2D eigenvalue weighted by Gasteiger charge is 2.45. The molecule has 2 saturated heterocycles. The van der Waals surface area contributed by atoms with Crippen LogP contribution in [0.1, 0.15) is 29.9 Å². The summed E-state index contributed by atoms with van der Waals surface area (Å²) in [6.07, 6.45) is 0.862. The molecule has 30 heavy (non-hydrogen) atoms. The number of nitrogens with one attached hydrogen (secondary N) is 1. The lowest BCUT2D eigenvalue weighted by molar-refractivity contribution is -0.137. The minimum absolute atomic E-state index is 0.000163. The molecule has 0 spiro atoms. The fourth-order valence-corrected chi connectivity index (χ4v) is 6.04. The first-order valence-corrected chi connectivity index (χ1v) is 11.6. The molecule has 8 nitrogen and oxygen atoms in total. The van der Waals surface area contributed by atoms with Crippen molar-refractivity contribution in [3.8, 4) is 0 Å². The van der Waals surface area contributed by atoms with Crippen molar-refractivity contribution in [2.45, 2.75) is 25.3 Å². The van der Waals surface area contributed by atoms with Gasteiger partial charge in [0.15, 0.2) is 0 Å². The number of pyridine rings is 1. The van der Waals surface area contributed by atoms with Crippen molar-refractivity contribution in [1.82, 2.24) is 19.4 Å². The van der Waals surface area contributed by atoms with Gasteiger partial charge in [-0.25, -0.2) is 4.98 Å². The fourth-order valence-electron chi connectivity index (χ4n) is 5.13. The van der Waals surface area contributed by atoms with Crippen molar-refractivity contribution in [3.63, 3.8) is 0 Å². The van der Waals surface area contributed by atoms with E-state index in [1.807, 2.05) is 22.7 Å². The third-order valence-corrected chi connectivity index (χ3v) is 7.34. The number of fused-ring (bicyclic) bond motifs is 4. The molecule has 2 aromatic rings. The van der Waals surface area contributed by atoms with Crippen LogP contribution < -0.4 is 16.0 Å². The number of hydrogen-bond donors (Lipinski definition) is 1. The first-order chi connectivity index (χ1) is 14.5. The van der Waals surface area contributed by atoms with Gasteiger partial charge >= 0.3 is 0 Å². The van der Waals surface area contributed by atoms with Crippen LogP contribution in [-0.2, 0) is 4.79 Å². The molecular weight excluding hydrogens is 402 g/mol. The Kier molecular flexibility index (Phi) is 4.92. The van der Waals surface area contributed by atoms with E-state index in [-0.39, 0.29) is 28.9 Å². The Morgan fingerprint density at radius 2 is 2.00 bits per heavy atom. The molecule has 5 heterocycles. The maximum absolute atomic E-state index is 13.6. The summed E-state index contributed by atoms with van der Waals surface area (Å²) in [6, 6.07) is 6.32. The van der Waals surface area contributed by atoms with Crippen LogP contribution in [0.15, 0.2) is 33.9 Å². The maximum Gasteiger partial charge on any atom is 0.252 e. The molecule has 2 aromatic heterocycles. The Labute approximate surface area is 178 Å². The summed E-state index contributed by atoms with van der Waals surface area (Å²) >= 11 is 1.86. The lowest BCUT2D eigenvalue weighted by atomic mass is 9.78. The van der Waals surface area contributed by atoms with Crippen molar-refractivity contribution in [3.05, 3.63) is 56.5 Å². The molecule has 0 aromatic carbocycles. The van der Waals surface area contributed by atoms with Crippen LogP contribution in [0.2, 0.25) is 0 Å². The van der Waals surface area contributed by atoms with E-state index >= 15 is 0 Å². The van der Waals surface area contributed by atoms with E-state index in [1.165, 1.54) is 6.07 Å². The zero-order valence-corrected chi connectivity index (χ0v) is 17.7. The summed E-state index contributed by atoms with van der Waals surface area (Å²) in [6.45, 7) is 4.51. The highest BCUT2D eigenvalue weighted by atomic mass is 32.2. The lowest BCUT2D eigenvalue weighted by Gasteiger charge is -2.47. The number of piperidine rings is 1. The summed E-state index contributed by atoms with van der Waals surface area (Å²) < 4.78 is 1.75. The van der Waals surface area contributed by atoms with Crippen LogP contribution in [0.25, 0.3) is 0 Å². The zero-order valence-electron chi connectivity index (χ0n) is 16.9. The minimum atomic E-state index is -0.501. The number of aryl methyl sites for hydroxylation is 1. The average molecular weight is 428 g/mol. The normalized spacial score (nSPS) is 25.7. The second-order valence-electron chi connectivity index (χ2n) is 8.33. The average Bonchev–Trinajstić information content (AvgIpc) is 2.74. The lowest BCUT2D eigenvalue weighted by Crippen LogP contribution is -2.55. The molecule has 2 bridgehead atoms. The number of hydrogen-bond acceptors (Lipinski definition) is 6. The summed E-state index contributed by atoms with van der Waals surface area (Å²) in [7, 11) is 0. The Hall–Kier alpha value is -2.55. The smallest absolute Gasteiger partial charge is 0.252 e. The van der Waals surface area contributed by atoms with Gasteiger partial charge in [-0.3, -0.25) is 19.0 Å². The van der Waals surface area contributed by atoms with Gasteiger partial charge in [0.2, 0.25) is 5.91 Å². The number of carbonyl (C=O) groups is 1. The van der Waals surface area contributed by atoms with E-state index in [2.05, 4.69) is 14.9 Å². The predicted octanol–water partition coefficient (Wildman–Crippen LogP) is 0.980. The molecule has 9 heteroatoms. The van der Waals surface area contributed by atoms with E-state index < -0.39 is 6.04 Å². The summed E-state index contributed by atoms with van der Waals surface area (Å²) in [5.74, 6) is 3.25. The third kappa shape index (κ3) is 3.34. The molecule has 158 valence electrons. The maximum atomic E-state index is 13.6. The largest absolute Gasteiger partial charge is 0.355 e. The molecule has 0 radical (unpaired) electrons.